The van der Waals surface area contributed by atoms with E-state index in [0.29, 0.717) is 29.0 Å². The first kappa shape index (κ1) is 21.0. The van der Waals surface area contributed by atoms with E-state index in [1.165, 1.54) is 6.07 Å². The number of halogens is 1. The van der Waals surface area contributed by atoms with Gasteiger partial charge in [-0.2, -0.15) is 10.4 Å². The Hall–Kier alpha value is -3.85. The summed E-state index contributed by atoms with van der Waals surface area (Å²) in [6.45, 7) is 1.91. The molecule has 0 bridgehead atoms. The maximum Gasteiger partial charge on any atom is 0.131 e. The third-order valence-corrected chi connectivity index (χ3v) is 6.33. The molecule has 166 valence electrons. The van der Waals surface area contributed by atoms with Gasteiger partial charge in [-0.05, 0) is 74.0 Å². The van der Waals surface area contributed by atoms with Crippen LogP contribution in [0.15, 0.2) is 77.1 Å². The van der Waals surface area contributed by atoms with Crippen molar-refractivity contribution in [2.24, 2.45) is 7.05 Å². The van der Waals surface area contributed by atoms with Crippen LogP contribution in [-0.4, -0.2) is 19.8 Å². The zero-order chi connectivity index (χ0) is 23.1. The molecule has 0 spiro atoms. The molecule has 5 rings (SSSR count). The van der Waals surface area contributed by atoms with Crippen molar-refractivity contribution in [1.82, 2.24) is 14.7 Å². The molecule has 1 aromatic carbocycles. The third kappa shape index (κ3) is 3.80. The van der Waals surface area contributed by atoms with Crippen LogP contribution in [0.1, 0.15) is 43.4 Å². The van der Waals surface area contributed by atoms with Gasteiger partial charge in [0, 0.05) is 41.8 Å². The Morgan fingerprint density at radius 3 is 2.73 bits per heavy atom. The summed E-state index contributed by atoms with van der Waals surface area (Å²) in [6.07, 6.45) is 13.5. The van der Waals surface area contributed by atoms with E-state index in [-0.39, 0.29) is 5.82 Å². The van der Waals surface area contributed by atoms with Crippen LogP contribution >= 0.6 is 0 Å². The Morgan fingerprint density at radius 1 is 1.21 bits per heavy atom. The Kier molecular flexibility index (Phi) is 5.26. The average molecular weight is 441 g/mol. The zero-order valence-electron chi connectivity index (χ0n) is 18.8. The molecule has 0 unspecified atom stereocenters. The van der Waals surface area contributed by atoms with Crippen molar-refractivity contribution in [1.29, 1.82) is 5.26 Å². The monoisotopic (exact) mass is 440 g/mol. The Bertz CT molecular complexity index is 1340. The summed E-state index contributed by atoms with van der Waals surface area (Å²) >= 11 is 0. The molecule has 6 heteroatoms. The van der Waals surface area contributed by atoms with Gasteiger partial charge in [-0.25, -0.2) is 4.39 Å². The highest BCUT2D eigenvalue weighted by atomic mass is 19.1. The predicted molar refractivity (Wildman–Crippen MR) is 126 cm³/mol. The molecule has 3 aliphatic rings. The number of allylic oxidation sites excluding steroid dienone is 6. The lowest BCUT2D eigenvalue weighted by Crippen LogP contribution is -2.20. The minimum atomic E-state index is -0.349. The number of rotatable bonds is 3. The van der Waals surface area contributed by atoms with Gasteiger partial charge < -0.3 is 10.0 Å². The molecule has 3 heterocycles. The molecule has 0 saturated heterocycles. The molecule has 1 aromatic heterocycles. The number of aromatic nitrogens is 2. The number of nitriles is 1. The molecular formula is C27H25FN4O. The van der Waals surface area contributed by atoms with Crippen LogP contribution in [0.25, 0.3) is 16.7 Å². The van der Waals surface area contributed by atoms with Crippen molar-refractivity contribution < 1.29 is 9.50 Å². The van der Waals surface area contributed by atoms with Crippen LogP contribution in [0, 0.1) is 24.1 Å². The van der Waals surface area contributed by atoms with Gasteiger partial charge >= 0.3 is 0 Å². The first-order valence-corrected chi connectivity index (χ1v) is 11.2. The smallest absolute Gasteiger partial charge is 0.131 e. The van der Waals surface area contributed by atoms with Crippen molar-refractivity contribution in [2.75, 3.05) is 0 Å². The van der Waals surface area contributed by atoms with E-state index in [9.17, 15) is 10.4 Å². The highest BCUT2D eigenvalue weighted by Crippen LogP contribution is 2.41. The van der Waals surface area contributed by atoms with Crippen LogP contribution in [0.2, 0.25) is 0 Å². The van der Waals surface area contributed by atoms with E-state index in [0.717, 1.165) is 59.3 Å². The van der Waals surface area contributed by atoms with Crippen LogP contribution in [-0.2, 0) is 7.05 Å². The fourth-order valence-electron chi connectivity index (χ4n) is 4.61. The van der Waals surface area contributed by atoms with Crippen molar-refractivity contribution in [3.05, 3.63) is 94.2 Å². The minimum Gasteiger partial charge on any atom is -0.507 e. The number of hydrogen-bond acceptors (Lipinski definition) is 4. The van der Waals surface area contributed by atoms with E-state index in [4.69, 9.17) is 0 Å². The van der Waals surface area contributed by atoms with E-state index < -0.39 is 0 Å². The number of aliphatic hydroxyl groups excluding tert-OH is 1. The van der Waals surface area contributed by atoms with E-state index in [2.05, 4.69) is 17.2 Å². The molecule has 1 aliphatic carbocycles. The summed E-state index contributed by atoms with van der Waals surface area (Å²) < 4.78 is 17.1. The Morgan fingerprint density at radius 2 is 2.03 bits per heavy atom. The van der Waals surface area contributed by atoms with E-state index in [1.54, 1.807) is 16.9 Å². The lowest BCUT2D eigenvalue weighted by Gasteiger charge is -2.29. The summed E-state index contributed by atoms with van der Waals surface area (Å²) in [5.41, 5.74) is 6.58. The zero-order valence-corrected chi connectivity index (χ0v) is 18.8. The number of hydrogen-bond donors (Lipinski definition) is 1. The Labute approximate surface area is 192 Å². The standard InChI is InChI=1S/C27H25FN4O/c1-17-23(16-31(2)30-17)21-8-5-9-24(28)26(21)22-7-4-3-6-20-14-19(27(33)18-10-11-18)12-13-32(20)25(22)15-29/h5-6,8-9,12-14,16,33H,3-4,7,10-11H2,1-2H3/b20-6-,25-22+. The highest BCUT2D eigenvalue weighted by molar-refractivity contribution is 5.85. The van der Waals surface area contributed by atoms with E-state index >= 15 is 4.39 Å². The molecule has 5 nitrogen and oxygen atoms in total. The SMILES string of the molecule is Cc1nn(C)cc1-c1cccc(F)c1/C1=C(\C#N)N2C=CC(C(O)=C3CC3)=C/C2=C/CCC1. The fraction of sp³-hybridized carbons (Fsp3) is 0.259. The van der Waals surface area contributed by atoms with Gasteiger partial charge in [0.05, 0.1) is 5.69 Å². The van der Waals surface area contributed by atoms with Gasteiger partial charge in [-0.1, -0.05) is 18.2 Å². The molecule has 33 heavy (non-hydrogen) atoms. The van der Waals surface area contributed by atoms with Crippen LogP contribution in [0.3, 0.4) is 0 Å². The van der Waals surface area contributed by atoms with Gasteiger partial charge in [-0.3, -0.25) is 4.68 Å². The molecule has 1 fully saturated rings. The van der Waals surface area contributed by atoms with Crippen molar-refractivity contribution in [3.8, 4) is 17.2 Å². The maximum absolute atomic E-state index is 15.4. The predicted octanol–water partition coefficient (Wildman–Crippen LogP) is 6.20. The lowest BCUT2D eigenvalue weighted by atomic mass is 9.89. The number of benzene rings is 1. The molecular weight excluding hydrogens is 415 g/mol. The number of aliphatic hydroxyl groups is 1. The summed E-state index contributed by atoms with van der Waals surface area (Å²) in [6, 6.07) is 7.39. The maximum atomic E-state index is 15.4. The summed E-state index contributed by atoms with van der Waals surface area (Å²) in [4.78, 5) is 1.81. The molecule has 0 radical (unpaired) electrons. The second kappa shape index (κ2) is 8.25. The molecule has 0 atom stereocenters. The summed E-state index contributed by atoms with van der Waals surface area (Å²) in [7, 11) is 1.84. The first-order chi connectivity index (χ1) is 16.0. The summed E-state index contributed by atoms with van der Waals surface area (Å²) in [5, 5.41) is 25.2. The molecule has 2 aromatic rings. The lowest BCUT2D eigenvalue weighted by molar-refractivity contribution is 0.421. The molecule has 1 N–H and O–H groups in total. The second-order valence-electron chi connectivity index (χ2n) is 8.66. The van der Waals surface area contributed by atoms with Crippen LogP contribution < -0.4 is 0 Å². The Balaban J connectivity index is 1.67. The largest absolute Gasteiger partial charge is 0.507 e. The average Bonchev–Trinajstić information content (AvgIpc) is 3.58. The molecule has 2 aliphatic heterocycles. The van der Waals surface area contributed by atoms with Gasteiger partial charge in [0.15, 0.2) is 0 Å². The van der Waals surface area contributed by atoms with E-state index in [1.807, 2.05) is 43.3 Å². The topological polar surface area (TPSA) is 65.1 Å². The third-order valence-electron chi connectivity index (χ3n) is 6.33. The number of nitrogens with zero attached hydrogens (tertiary/aromatic N) is 4. The van der Waals surface area contributed by atoms with Crippen molar-refractivity contribution >= 4 is 5.57 Å². The fourth-order valence-corrected chi connectivity index (χ4v) is 4.61. The number of aryl methyl sites for hydroxylation is 2. The van der Waals surface area contributed by atoms with Gasteiger partial charge in [-0.15, -0.1) is 0 Å². The highest BCUT2D eigenvalue weighted by Gasteiger charge is 2.27. The van der Waals surface area contributed by atoms with Gasteiger partial charge in [0.1, 0.15) is 23.3 Å². The number of fused-ring (bicyclic) bond motifs is 1. The van der Waals surface area contributed by atoms with Crippen LogP contribution in [0.4, 0.5) is 4.39 Å². The van der Waals surface area contributed by atoms with Gasteiger partial charge in [0.2, 0.25) is 0 Å². The summed E-state index contributed by atoms with van der Waals surface area (Å²) in [5.74, 6) is -0.0158. The molecule has 1 saturated carbocycles. The van der Waals surface area contributed by atoms with Gasteiger partial charge in [0.25, 0.3) is 0 Å². The normalized spacial score (nSPS) is 21.4. The van der Waals surface area contributed by atoms with Crippen molar-refractivity contribution in [2.45, 2.75) is 39.0 Å². The van der Waals surface area contributed by atoms with Crippen molar-refractivity contribution in [3.63, 3.8) is 0 Å². The van der Waals surface area contributed by atoms with Crippen LogP contribution in [0.5, 0.6) is 0 Å². The quantitative estimate of drug-likeness (QED) is 0.577. The minimum absolute atomic E-state index is 0.333. The first-order valence-electron chi connectivity index (χ1n) is 11.2. The molecule has 0 amide bonds. The second-order valence-corrected chi connectivity index (χ2v) is 8.66.